The normalized spacial score (nSPS) is 30.3. The van der Waals surface area contributed by atoms with Crippen LogP contribution < -0.4 is 0 Å². The molecular weight excluding hydrogens is 308 g/mol. The van der Waals surface area contributed by atoms with Gasteiger partial charge >= 0.3 is 0 Å². The highest BCUT2D eigenvalue weighted by Gasteiger charge is 2.24. The maximum atomic E-state index is 5.99. The number of hydrogen-bond acceptors (Lipinski definition) is 2. The van der Waals surface area contributed by atoms with E-state index in [1.165, 1.54) is 62.5 Å². The first kappa shape index (κ1) is 18.9. The van der Waals surface area contributed by atoms with Crippen LogP contribution in [0.3, 0.4) is 0 Å². The van der Waals surface area contributed by atoms with E-state index >= 15 is 0 Å². The Morgan fingerprint density at radius 2 is 1.56 bits per heavy atom. The van der Waals surface area contributed by atoms with Gasteiger partial charge in [0.05, 0.1) is 19.3 Å². The van der Waals surface area contributed by atoms with E-state index in [1.807, 2.05) is 0 Å². The van der Waals surface area contributed by atoms with Gasteiger partial charge in [-0.25, -0.2) is 0 Å². The van der Waals surface area contributed by atoms with Gasteiger partial charge in [-0.1, -0.05) is 63.8 Å². The van der Waals surface area contributed by atoms with Crippen LogP contribution >= 0.6 is 0 Å². The summed E-state index contributed by atoms with van der Waals surface area (Å²) in [5.41, 5.74) is 2.80. The highest BCUT2D eigenvalue weighted by Crippen LogP contribution is 2.38. The van der Waals surface area contributed by atoms with Crippen LogP contribution in [-0.4, -0.2) is 19.3 Å². The minimum atomic E-state index is 0.117. The van der Waals surface area contributed by atoms with Crippen molar-refractivity contribution in [2.75, 3.05) is 13.2 Å². The van der Waals surface area contributed by atoms with Crippen molar-refractivity contribution in [2.24, 2.45) is 5.92 Å². The predicted molar refractivity (Wildman–Crippen MR) is 104 cm³/mol. The number of hydrogen-bond donors (Lipinski definition) is 0. The molecule has 0 aromatic heterocycles. The van der Waals surface area contributed by atoms with Crippen molar-refractivity contribution in [3.63, 3.8) is 0 Å². The molecule has 0 amide bonds. The summed E-state index contributed by atoms with van der Waals surface area (Å²) in [7, 11) is 0. The molecule has 2 nitrogen and oxygen atoms in total. The lowest BCUT2D eigenvalue weighted by Crippen LogP contribution is -2.30. The van der Waals surface area contributed by atoms with E-state index in [4.69, 9.17) is 9.47 Å². The topological polar surface area (TPSA) is 18.5 Å². The Bertz CT molecular complexity index is 479. The maximum absolute atomic E-state index is 5.99. The number of unbranched alkanes of at least 4 members (excludes halogenated alkanes) is 2. The van der Waals surface area contributed by atoms with Crippen LogP contribution in [-0.2, 0) is 9.47 Å². The predicted octanol–water partition coefficient (Wildman–Crippen LogP) is 6.41. The number of benzene rings is 1. The Balaban J connectivity index is 1.47. The molecule has 0 N–H and O–H groups in total. The van der Waals surface area contributed by atoms with Crippen LogP contribution in [0.25, 0.3) is 0 Å². The molecule has 3 rings (SSSR count). The molecule has 2 aliphatic rings. The highest BCUT2D eigenvalue weighted by atomic mass is 16.6. The molecule has 1 saturated heterocycles. The lowest BCUT2D eigenvalue weighted by Gasteiger charge is -2.30. The fourth-order valence-corrected chi connectivity index (χ4v) is 4.42. The standard InChI is InChI=1S/C23H36O2/c1-3-5-6-7-18-8-10-19(11-9-18)20-12-14-21(15-13-20)23-17-24-22(4-2)16-25-23/h12-15,18-19,22-23H,3-11,16-17H2,1-2H3/t18-,19-,22-,23-/m0/s1. The van der Waals surface area contributed by atoms with Gasteiger partial charge in [-0.3, -0.25) is 0 Å². The summed E-state index contributed by atoms with van der Waals surface area (Å²) in [5, 5.41) is 0. The minimum absolute atomic E-state index is 0.117. The van der Waals surface area contributed by atoms with E-state index in [9.17, 15) is 0 Å². The van der Waals surface area contributed by atoms with Crippen LogP contribution in [0, 0.1) is 5.92 Å². The maximum Gasteiger partial charge on any atom is 0.106 e. The Kier molecular flexibility index (Phi) is 7.36. The van der Waals surface area contributed by atoms with Crippen LogP contribution in [0.5, 0.6) is 0 Å². The zero-order chi connectivity index (χ0) is 17.5. The summed E-state index contributed by atoms with van der Waals surface area (Å²) in [6, 6.07) is 9.21. The number of rotatable bonds is 7. The van der Waals surface area contributed by atoms with Crippen molar-refractivity contribution in [1.29, 1.82) is 0 Å². The van der Waals surface area contributed by atoms with Crippen LogP contribution in [0.15, 0.2) is 24.3 Å². The van der Waals surface area contributed by atoms with Crippen LogP contribution in [0.4, 0.5) is 0 Å². The second kappa shape index (κ2) is 9.73. The fraction of sp³-hybridized carbons (Fsp3) is 0.739. The third-order valence-corrected chi connectivity index (χ3v) is 6.26. The molecule has 2 heteroatoms. The quantitative estimate of drug-likeness (QED) is 0.532. The Labute approximate surface area is 154 Å². The molecule has 1 aromatic carbocycles. The van der Waals surface area contributed by atoms with Crippen molar-refractivity contribution in [1.82, 2.24) is 0 Å². The van der Waals surface area contributed by atoms with Gasteiger partial charge in [-0.2, -0.15) is 0 Å². The molecule has 1 aliphatic heterocycles. The van der Waals surface area contributed by atoms with Crippen molar-refractivity contribution < 1.29 is 9.47 Å². The largest absolute Gasteiger partial charge is 0.373 e. The molecule has 1 aliphatic carbocycles. The van der Waals surface area contributed by atoms with Crippen molar-refractivity contribution in [3.05, 3.63) is 35.4 Å². The van der Waals surface area contributed by atoms with E-state index in [-0.39, 0.29) is 12.2 Å². The third kappa shape index (κ3) is 5.31. The molecule has 1 heterocycles. The van der Waals surface area contributed by atoms with Crippen LogP contribution in [0.1, 0.15) is 94.8 Å². The Morgan fingerprint density at radius 3 is 2.16 bits per heavy atom. The van der Waals surface area contributed by atoms with Gasteiger partial charge in [0.15, 0.2) is 0 Å². The first-order chi connectivity index (χ1) is 12.3. The second-order valence-corrected chi connectivity index (χ2v) is 8.07. The Morgan fingerprint density at radius 1 is 0.840 bits per heavy atom. The molecule has 0 bridgehead atoms. The first-order valence-electron chi connectivity index (χ1n) is 10.6. The Hall–Kier alpha value is -0.860. The molecule has 0 spiro atoms. The molecule has 25 heavy (non-hydrogen) atoms. The molecule has 2 atom stereocenters. The van der Waals surface area contributed by atoms with Gasteiger partial charge in [-0.05, 0) is 55.1 Å². The summed E-state index contributed by atoms with van der Waals surface area (Å²) in [4.78, 5) is 0. The van der Waals surface area contributed by atoms with Crippen molar-refractivity contribution >= 4 is 0 Å². The van der Waals surface area contributed by atoms with E-state index in [2.05, 4.69) is 38.1 Å². The molecule has 0 unspecified atom stereocenters. The van der Waals surface area contributed by atoms with E-state index in [1.54, 1.807) is 0 Å². The zero-order valence-corrected chi connectivity index (χ0v) is 16.2. The minimum Gasteiger partial charge on any atom is -0.373 e. The van der Waals surface area contributed by atoms with Gasteiger partial charge in [0.25, 0.3) is 0 Å². The molecule has 1 aromatic rings. The van der Waals surface area contributed by atoms with Crippen molar-refractivity contribution in [2.45, 2.75) is 89.8 Å². The third-order valence-electron chi connectivity index (χ3n) is 6.26. The molecule has 0 radical (unpaired) electrons. The lowest BCUT2D eigenvalue weighted by atomic mass is 9.77. The summed E-state index contributed by atoms with van der Waals surface area (Å²) >= 11 is 0. The average Bonchev–Trinajstić information content (AvgIpc) is 2.69. The smallest absolute Gasteiger partial charge is 0.106 e. The molecule has 140 valence electrons. The van der Waals surface area contributed by atoms with E-state index in [0.29, 0.717) is 6.61 Å². The molecular formula is C23H36O2. The SMILES string of the molecule is CCCCC[C@H]1CC[C@H](c2ccc([C@@H]3CO[C@@H](CC)CO3)cc2)CC1. The van der Waals surface area contributed by atoms with E-state index < -0.39 is 0 Å². The summed E-state index contributed by atoms with van der Waals surface area (Å²) < 4.78 is 11.9. The van der Waals surface area contributed by atoms with Gasteiger partial charge < -0.3 is 9.47 Å². The lowest BCUT2D eigenvalue weighted by molar-refractivity contribution is -0.135. The summed E-state index contributed by atoms with van der Waals surface area (Å²) in [6.45, 7) is 5.88. The summed E-state index contributed by atoms with van der Waals surface area (Å²) in [5.74, 6) is 1.76. The number of ether oxygens (including phenoxy) is 2. The monoisotopic (exact) mass is 344 g/mol. The van der Waals surface area contributed by atoms with Gasteiger partial charge in [0, 0.05) is 0 Å². The fourth-order valence-electron chi connectivity index (χ4n) is 4.42. The van der Waals surface area contributed by atoms with Crippen LogP contribution in [0.2, 0.25) is 0 Å². The van der Waals surface area contributed by atoms with Gasteiger partial charge in [-0.15, -0.1) is 0 Å². The average molecular weight is 345 g/mol. The van der Waals surface area contributed by atoms with Crippen molar-refractivity contribution in [3.8, 4) is 0 Å². The highest BCUT2D eigenvalue weighted by molar-refractivity contribution is 5.27. The second-order valence-electron chi connectivity index (χ2n) is 8.07. The van der Waals surface area contributed by atoms with Gasteiger partial charge in [0.1, 0.15) is 6.10 Å². The summed E-state index contributed by atoms with van der Waals surface area (Å²) in [6.07, 6.45) is 12.7. The molecule has 1 saturated carbocycles. The van der Waals surface area contributed by atoms with E-state index in [0.717, 1.165) is 24.9 Å². The first-order valence-corrected chi connectivity index (χ1v) is 10.6. The molecule has 2 fully saturated rings. The zero-order valence-electron chi connectivity index (χ0n) is 16.2. The van der Waals surface area contributed by atoms with Gasteiger partial charge in [0.2, 0.25) is 0 Å².